The van der Waals surface area contributed by atoms with Crippen molar-refractivity contribution < 1.29 is 13.9 Å². The lowest BCUT2D eigenvalue weighted by atomic mass is 9.97. The van der Waals surface area contributed by atoms with E-state index in [0.29, 0.717) is 28.9 Å². The Morgan fingerprint density at radius 1 is 1.15 bits per heavy atom. The quantitative estimate of drug-likeness (QED) is 0.784. The first-order chi connectivity index (χ1) is 12.5. The Labute approximate surface area is 150 Å². The molecular weight excluding hydrogens is 330 g/mol. The number of nitrogens with one attached hydrogen (secondary N) is 1. The number of carbonyl (C=O) groups excluding carboxylic acids is 1. The van der Waals surface area contributed by atoms with Gasteiger partial charge in [0, 0.05) is 0 Å². The van der Waals surface area contributed by atoms with E-state index in [0.717, 1.165) is 16.7 Å². The lowest BCUT2D eigenvalue weighted by molar-refractivity contribution is 0.0938. The lowest BCUT2D eigenvalue weighted by Crippen LogP contribution is -2.22. The zero-order valence-electron chi connectivity index (χ0n) is 14.9. The van der Waals surface area contributed by atoms with Gasteiger partial charge >= 0.3 is 0 Å². The van der Waals surface area contributed by atoms with Crippen molar-refractivity contribution in [1.29, 1.82) is 0 Å². The largest absolute Gasteiger partial charge is 0.494 e. The number of hydrogen-bond donors (Lipinski definition) is 1. The van der Waals surface area contributed by atoms with Crippen LogP contribution in [-0.2, 0) is 0 Å². The van der Waals surface area contributed by atoms with Gasteiger partial charge in [0.05, 0.1) is 23.6 Å². The van der Waals surface area contributed by atoms with E-state index >= 15 is 0 Å². The lowest BCUT2D eigenvalue weighted by Gasteiger charge is -2.13. The Bertz CT molecular complexity index is 1100. The smallest absolute Gasteiger partial charge is 0.288 e. The van der Waals surface area contributed by atoms with E-state index in [-0.39, 0.29) is 17.1 Å². The first-order valence-corrected chi connectivity index (χ1v) is 8.61. The van der Waals surface area contributed by atoms with E-state index in [1.165, 1.54) is 0 Å². The maximum Gasteiger partial charge on any atom is 0.288 e. The summed E-state index contributed by atoms with van der Waals surface area (Å²) < 4.78 is 11.4. The van der Waals surface area contributed by atoms with Gasteiger partial charge in [0.2, 0.25) is 5.76 Å². The van der Waals surface area contributed by atoms with Crippen LogP contribution in [0.15, 0.2) is 45.6 Å². The second-order valence-electron chi connectivity index (χ2n) is 6.54. The molecule has 5 heteroatoms. The molecule has 0 saturated heterocycles. The Kier molecular flexibility index (Phi) is 3.80. The van der Waals surface area contributed by atoms with Crippen LogP contribution in [0.25, 0.3) is 11.0 Å². The molecule has 0 spiro atoms. The van der Waals surface area contributed by atoms with E-state index in [9.17, 15) is 9.59 Å². The van der Waals surface area contributed by atoms with Crippen LogP contribution >= 0.6 is 0 Å². The standard InChI is InChI=1S/C21H19NO4/c1-4-25-14-7-5-6-13(10-14)18-17-19(23)16-12(3)8-11(2)9-15(16)26-20(17)21(24)22-18/h5-10,18H,4H2,1-3H3,(H,22,24). The van der Waals surface area contributed by atoms with E-state index in [1.54, 1.807) is 6.07 Å². The molecule has 3 aromatic rings. The third-order valence-electron chi connectivity index (χ3n) is 4.64. The Balaban J connectivity index is 1.95. The van der Waals surface area contributed by atoms with Crippen molar-refractivity contribution in [2.24, 2.45) is 0 Å². The summed E-state index contributed by atoms with van der Waals surface area (Å²) in [5.41, 5.74) is 3.27. The van der Waals surface area contributed by atoms with Gasteiger partial charge in [-0.3, -0.25) is 9.59 Å². The molecule has 1 aliphatic rings. The van der Waals surface area contributed by atoms with E-state index in [4.69, 9.17) is 9.15 Å². The number of hydrogen-bond acceptors (Lipinski definition) is 4. The molecule has 0 saturated carbocycles. The average Bonchev–Trinajstić information content (AvgIpc) is 2.92. The summed E-state index contributed by atoms with van der Waals surface area (Å²) in [5.74, 6) is 0.425. The molecule has 0 bridgehead atoms. The highest BCUT2D eigenvalue weighted by atomic mass is 16.5. The first-order valence-electron chi connectivity index (χ1n) is 8.61. The highest BCUT2D eigenvalue weighted by Gasteiger charge is 2.36. The van der Waals surface area contributed by atoms with Gasteiger partial charge in [-0.2, -0.15) is 0 Å². The van der Waals surface area contributed by atoms with Crippen molar-refractivity contribution in [1.82, 2.24) is 5.32 Å². The number of carbonyl (C=O) groups is 1. The molecule has 2 aromatic carbocycles. The molecule has 0 fully saturated rings. The van der Waals surface area contributed by atoms with E-state index in [2.05, 4.69) is 5.32 Å². The molecule has 26 heavy (non-hydrogen) atoms. The average molecular weight is 349 g/mol. The molecular formula is C21H19NO4. The third kappa shape index (κ3) is 2.47. The second-order valence-corrected chi connectivity index (χ2v) is 6.54. The van der Waals surface area contributed by atoms with Gasteiger partial charge in [0.25, 0.3) is 5.91 Å². The van der Waals surface area contributed by atoms with Gasteiger partial charge < -0.3 is 14.5 Å². The minimum Gasteiger partial charge on any atom is -0.494 e. The molecule has 132 valence electrons. The highest BCUT2D eigenvalue weighted by Crippen LogP contribution is 2.33. The zero-order chi connectivity index (χ0) is 18.4. The number of benzene rings is 2. The van der Waals surface area contributed by atoms with E-state index in [1.807, 2.05) is 51.1 Å². The number of aryl methyl sites for hydroxylation is 2. The molecule has 5 nitrogen and oxygen atoms in total. The van der Waals surface area contributed by atoms with Crippen LogP contribution < -0.4 is 15.5 Å². The summed E-state index contributed by atoms with van der Waals surface area (Å²) in [4.78, 5) is 25.7. The van der Waals surface area contributed by atoms with Crippen LogP contribution in [0.5, 0.6) is 5.75 Å². The fourth-order valence-electron chi connectivity index (χ4n) is 3.60. The Morgan fingerprint density at radius 3 is 2.73 bits per heavy atom. The Morgan fingerprint density at radius 2 is 1.96 bits per heavy atom. The molecule has 1 amide bonds. The molecule has 1 aliphatic heterocycles. The van der Waals surface area contributed by atoms with Crippen molar-refractivity contribution in [3.05, 3.63) is 74.6 Å². The number of fused-ring (bicyclic) bond motifs is 2. The third-order valence-corrected chi connectivity index (χ3v) is 4.64. The van der Waals surface area contributed by atoms with Crippen molar-refractivity contribution >= 4 is 16.9 Å². The summed E-state index contributed by atoms with van der Waals surface area (Å²) in [6.45, 7) is 6.27. The van der Waals surface area contributed by atoms with Crippen molar-refractivity contribution in [2.75, 3.05) is 6.61 Å². The van der Waals surface area contributed by atoms with Gasteiger partial charge in [-0.25, -0.2) is 0 Å². The zero-order valence-corrected chi connectivity index (χ0v) is 14.9. The SMILES string of the molecule is CCOc1cccc(C2NC(=O)c3oc4cc(C)cc(C)c4c(=O)c32)c1. The van der Waals surface area contributed by atoms with Crippen LogP contribution in [0, 0.1) is 13.8 Å². The van der Waals surface area contributed by atoms with Crippen LogP contribution in [0.4, 0.5) is 0 Å². The topological polar surface area (TPSA) is 68.5 Å². The molecule has 4 rings (SSSR count). The van der Waals surface area contributed by atoms with E-state index < -0.39 is 6.04 Å². The summed E-state index contributed by atoms with van der Waals surface area (Å²) in [7, 11) is 0. The molecule has 2 heterocycles. The predicted octanol–water partition coefficient (Wildman–Crippen LogP) is 3.64. The fraction of sp³-hybridized carbons (Fsp3) is 0.238. The summed E-state index contributed by atoms with van der Waals surface area (Å²) in [5, 5.41) is 3.39. The van der Waals surface area contributed by atoms with Crippen LogP contribution in [0.2, 0.25) is 0 Å². The minimum atomic E-state index is -0.542. The number of rotatable bonds is 3. The molecule has 0 radical (unpaired) electrons. The number of amides is 1. The van der Waals surface area contributed by atoms with Gasteiger partial charge in [-0.1, -0.05) is 18.2 Å². The maximum atomic E-state index is 13.2. The monoisotopic (exact) mass is 349 g/mol. The second kappa shape index (κ2) is 6.02. The van der Waals surface area contributed by atoms with Gasteiger partial charge in [0.15, 0.2) is 5.43 Å². The van der Waals surface area contributed by atoms with Crippen molar-refractivity contribution in [3.63, 3.8) is 0 Å². The van der Waals surface area contributed by atoms with Crippen molar-refractivity contribution in [2.45, 2.75) is 26.8 Å². The fourth-order valence-corrected chi connectivity index (χ4v) is 3.60. The summed E-state index contributed by atoms with van der Waals surface area (Å²) in [6.07, 6.45) is 0. The van der Waals surface area contributed by atoms with Gasteiger partial charge in [-0.05, 0) is 55.7 Å². The van der Waals surface area contributed by atoms with Crippen LogP contribution in [0.1, 0.15) is 45.8 Å². The summed E-state index contributed by atoms with van der Waals surface area (Å²) >= 11 is 0. The van der Waals surface area contributed by atoms with Gasteiger partial charge in [0.1, 0.15) is 11.3 Å². The van der Waals surface area contributed by atoms with Crippen LogP contribution in [0.3, 0.4) is 0 Å². The summed E-state index contributed by atoms with van der Waals surface area (Å²) in [6, 6.07) is 10.6. The molecule has 0 aliphatic carbocycles. The normalized spacial score (nSPS) is 15.8. The van der Waals surface area contributed by atoms with Crippen LogP contribution in [-0.4, -0.2) is 12.5 Å². The minimum absolute atomic E-state index is 0.0966. The maximum absolute atomic E-state index is 13.2. The molecule has 1 aromatic heterocycles. The predicted molar refractivity (Wildman–Crippen MR) is 98.9 cm³/mol. The first kappa shape index (κ1) is 16.4. The van der Waals surface area contributed by atoms with Crippen molar-refractivity contribution in [3.8, 4) is 5.75 Å². The molecule has 1 atom stereocenters. The number of ether oxygens (including phenoxy) is 1. The highest BCUT2D eigenvalue weighted by molar-refractivity contribution is 5.99. The van der Waals surface area contributed by atoms with Gasteiger partial charge in [-0.15, -0.1) is 0 Å². The Hall–Kier alpha value is -3.08. The molecule has 1 unspecified atom stereocenters. The molecule has 1 N–H and O–H groups in total.